The average Bonchev–Trinajstić information content (AvgIpc) is 2.92. The number of rotatable bonds is 4. The monoisotopic (exact) mass is 277 g/mol. The highest BCUT2D eigenvalue weighted by molar-refractivity contribution is 4.89. The molecule has 4 heteroatoms. The first-order valence-corrected chi connectivity index (χ1v) is 8.35. The van der Waals surface area contributed by atoms with Gasteiger partial charge in [-0.15, -0.1) is 0 Å². The van der Waals surface area contributed by atoms with E-state index in [4.69, 9.17) is 4.52 Å². The van der Waals surface area contributed by atoms with Crippen LogP contribution >= 0.6 is 0 Å². The zero-order chi connectivity index (χ0) is 13.8. The first-order chi connectivity index (χ1) is 9.83. The summed E-state index contributed by atoms with van der Waals surface area (Å²) in [6, 6.07) is 0.652. The van der Waals surface area contributed by atoms with Crippen LogP contribution in [0.5, 0.6) is 0 Å². The summed E-state index contributed by atoms with van der Waals surface area (Å²) < 4.78 is 5.21. The van der Waals surface area contributed by atoms with Crippen LogP contribution in [0, 0.1) is 18.8 Å². The van der Waals surface area contributed by atoms with Gasteiger partial charge in [0.2, 0.25) is 5.89 Å². The molecule has 0 aromatic carbocycles. The van der Waals surface area contributed by atoms with Gasteiger partial charge >= 0.3 is 0 Å². The SMILES string of the molecule is Cc1noc(CNC2CCCCC2C2CCCCC2)n1. The average molecular weight is 277 g/mol. The molecule has 0 saturated heterocycles. The van der Waals surface area contributed by atoms with E-state index in [2.05, 4.69) is 15.5 Å². The lowest BCUT2D eigenvalue weighted by Gasteiger charge is -2.39. The van der Waals surface area contributed by atoms with E-state index in [9.17, 15) is 0 Å². The molecule has 1 aromatic heterocycles. The molecule has 20 heavy (non-hydrogen) atoms. The molecule has 0 radical (unpaired) electrons. The van der Waals surface area contributed by atoms with Crippen molar-refractivity contribution in [3.05, 3.63) is 11.7 Å². The topological polar surface area (TPSA) is 51.0 Å². The summed E-state index contributed by atoms with van der Waals surface area (Å²) in [7, 11) is 0. The van der Waals surface area contributed by atoms with Crippen molar-refractivity contribution in [1.82, 2.24) is 15.5 Å². The minimum absolute atomic E-state index is 0.652. The molecule has 0 bridgehead atoms. The molecule has 1 aromatic rings. The van der Waals surface area contributed by atoms with E-state index in [0.29, 0.717) is 6.04 Å². The Kier molecular flexibility index (Phi) is 4.71. The normalized spacial score (nSPS) is 28.6. The molecule has 1 heterocycles. The lowest BCUT2D eigenvalue weighted by Crippen LogP contribution is -2.42. The Bertz CT molecular complexity index is 412. The molecule has 3 rings (SSSR count). The van der Waals surface area contributed by atoms with Gasteiger partial charge in [0.15, 0.2) is 5.82 Å². The van der Waals surface area contributed by atoms with Crippen molar-refractivity contribution in [3.63, 3.8) is 0 Å². The number of aromatic nitrogens is 2. The molecule has 4 nitrogen and oxygen atoms in total. The predicted octanol–water partition coefficient (Wildman–Crippen LogP) is 3.61. The number of hydrogen-bond acceptors (Lipinski definition) is 4. The Morgan fingerprint density at radius 2 is 1.80 bits per heavy atom. The van der Waals surface area contributed by atoms with Crippen LogP contribution in [-0.4, -0.2) is 16.2 Å². The fraction of sp³-hybridized carbons (Fsp3) is 0.875. The van der Waals surface area contributed by atoms with Crippen molar-refractivity contribution in [3.8, 4) is 0 Å². The third-order valence-electron chi connectivity index (χ3n) is 5.16. The maximum atomic E-state index is 5.21. The second kappa shape index (κ2) is 6.70. The van der Waals surface area contributed by atoms with Gasteiger partial charge < -0.3 is 9.84 Å². The fourth-order valence-electron chi connectivity index (χ4n) is 4.17. The third-order valence-corrected chi connectivity index (χ3v) is 5.16. The molecule has 2 fully saturated rings. The highest BCUT2D eigenvalue weighted by Crippen LogP contribution is 2.38. The minimum Gasteiger partial charge on any atom is -0.338 e. The Morgan fingerprint density at radius 3 is 2.55 bits per heavy atom. The quantitative estimate of drug-likeness (QED) is 0.913. The smallest absolute Gasteiger partial charge is 0.240 e. The molecule has 112 valence electrons. The van der Waals surface area contributed by atoms with Crippen molar-refractivity contribution >= 4 is 0 Å². The van der Waals surface area contributed by atoms with Crippen LogP contribution in [0.25, 0.3) is 0 Å². The maximum Gasteiger partial charge on any atom is 0.240 e. The van der Waals surface area contributed by atoms with Gasteiger partial charge in [0.05, 0.1) is 6.54 Å². The Morgan fingerprint density at radius 1 is 1.05 bits per heavy atom. The van der Waals surface area contributed by atoms with E-state index < -0.39 is 0 Å². The van der Waals surface area contributed by atoms with Crippen LogP contribution in [0.3, 0.4) is 0 Å². The van der Waals surface area contributed by atoms with E-state index >= 15 is 0 Å². The lowest BCUT2D eigenvalue weighted by molar-refractivity contribution is 0.146. The molecule has 0 aliphatic heterocycles. The molecule has 0 spiro atoms. The Hall–Kier alpha value is -0.900. The standard InChI is InChI=1S/C16H27N3O/c1-12-18-16(20-19-12)11-17-15-10-6-5-9-14(15)13-7-3-2-4-8-13/h13-15,17H,2-11H2,1H3. The van der Waals surface area contributed by atoms with Crippen molar-refractivity contribution in [2.45, 2.75) is 77.3 Å². The summed E-state index contributed by atoms with van der Waals surface area (Å²) in [6.07, 6.45) is 12.7. The highest BCUT2D eigenvalue weighted by Gasteiger charge is 2.32. The summed E-state index contributed by atoms with van der Waals surface area (Å²) in [6.45, 7) is 2.60. The van der Waals surface area contributed by atoms with Gasteiger partial charge in [0.25, 0.3) is 0 Å². The molecule has 2 atom stereocenters. The number of aryl methyl sites for hydroxylation is 1. The van der Waals surface area contributed by atoms with Crippen molar-refractivity contribution in [2.75, 3.05) is 0 Å². The summed E-state index contributed by atoms with van der Waals surface area (Å²) in [5, 5.41) is 7.57. The summed E-state index contributed by atoms with van der Waals surface area (Å²) in [4.78, 5) is 4.29. The summed E-state index contributed by atoms with van der Waals surface area (Å²) in [5.74, 6) is 3.28. The molecule has 2 unspecified atom stereocenters. The molecule has 2 saturated carbocycles. The highest BCUT2D eigenvalue weighted by atomic mass is 16.5. The second-order valence-electron chi connectivity index (χ2n) is 6.57. The molecular formula is C16H27N3O. The fourth-order valence-corrected chi connectivity index (χ4v) is 4.17. The van der Waals surface area contributed by atoms with Gasteiger partial charge in [0.1, 0.15) is 0 Å². The molecule has 2 aliphatic carbocycles. The Balaban J connectivity index is 1.57. The summed E-state index contributed by atoms with van der Waals surface area (Å²) >= 11 is 0. The van der Waals surface area contributed by atoms with E-state index in [1.165, 1.54) is 57.8 Å². The number of nitrogens with zero attached hydrogens (tertiary/aromatic N) is 2. The van der Waals surface area contributed by atoms with Gasteiger partial charge in [-0.1, -0.05) is 50.1 Å². The predicted molar refractivity (Wildman–Crippen MR) is 78.2 cm³/mol. The lowest BCUT2D eigenvalue weighted by atomic mass is 9.71. The third kappa shape index (κ3) is 3.40. The van der Waals surface area contributed by atoms with Gasteiger partial charge in [-0.3, -0.25) is 0 Å². The van der Waals surface area contributed by atoms with Crippen LogP contribution < -0.4 is 5.32 Å². The number of nitrogens with one attached hydrogen (secondary N) is 1. The van der Waals surface area contributed by atoms with Crippen LogP contribution in [0.1, 0.15) is 69.5 Å². The van der Waals surface area contributed by atoms with Gasteiger partial charge in [0, 0.05) is 6.04 Å². The minimum atomic E-state index is 0.652. The summed E-state index contributed by atoms with van der Waals surface area (Å²) in [5.41, 5.74) is 0. The van der Waals surface area contributed by atoms with Crippen LogP contribution in [-0.2, 0) is 6.54 Å². The van der Waals surface area contributed by atoms with Crippen LogP contribution in [0.4, 0.5) is 0 Å². The first kappa shape index (κ1) is 14.1. The van der Waals surface area contributed by atoms with Gasteiger partial charge in [-0.25, -0.2) is 0 Å². The number of hydrogen-bond donors (Lipinski definition) is 1. The van der Waals surface area contributed by atoms with Gasteiger partial charge in [-0.05, 0) is 31.6 Å². The zero-order valence-electron chi connectivity index (χ0n) is 12.6. The Labute approximate surface area is 121 Å². The van der Waals surface area contributed by atoms with E-state index in [1.807, 2.05) is 6.92 Å². The van der Waals surface area contributed by atoms with Crippen LogP contribution in [0.15, 0.2) is 4.52 Å². The second-order valence-corrected chi connectivity index (χ2v) is 6.57. The van der Waals surface area contributed by atoms with Crippen LogP contribution in [0.2, 0.25) is 0 Å². The van der Waals surface area contributed by atoms with Gasteiger partial charge in [-0.2, -0.15) is 4.98 Å². The van der Waals surface area contributed by atoms with E-state index in [-0.39, 0.29) is 0 Å². The molecule has 0 amide bonds. The van der Waals surface area contributed by atoms with Crippen molar-refractivity contribution < 1.29 is 4.52 Å². The molecular weight excluding hydrogens is 250 g/mol. The molecule has 1 N–H and O–H groups in total. The largest absolute Gasteiger partial charge is 0.338 e. The van der Waals surface area contributed by atoms with E-state index in [0.717, 1.165) is 30.1 Å². The molecule has 2 aliphatic rings. The van der Waals surface area contributed by atoms with Crippen molar-refractivity contribution in [1.29, 1.82) is 0 Å². The van der Waals surface area contributed by atoms with Crippen molar-refractivity contribution in [2.24, 2.45) is 11.8 Å². The zero-order valence-corrected chi connectivity index (χ0v) is 12.6. The maximum absolute atomic E-state index is 5.21. The first-order valence-electron chi connectivity index (χ1n) is 8.35. The van der Waals surface area contributed by atoms with E-state index in [1.54, 1.807) is 0 Å².